The molecule has 1 aliphatic rings. The van der Waals surface area contributed by atoms with E-state index < -0.39 is 0 Å². The number of carbonyl (C=O) groups is 1. The van der Waals surface area contributed by atoms with Crippen molar-refractivity contribution >= 4 is 29.1 Å². The van der Waals surface area contributed by atoms with Gasteiger partial charge in [0.25, 0.3) is 0 Å². The standard InChI is InChI=1S/C16H15N3O3S/c1-21-12-6-4-11(5-7-12)9-14-15(20)18-16(23-14)19-17-10-13-3-2-8-22-13/h2-8,10,14H,9H2,1H3,(H,18,19,20)/t14-/m0/s1. The molecule has 23 heavy (non-hydrogen) atoms. The second-order valence-electron chi connectivity index (χ2n) is 4.81. The third kappa shape index (κ3) is 4.01. The van der Waals surface area contributed by atoms with Gasteiger partial charge in [0, 0.05) is 0 Å². The summed E-state index contributed by atoms with van der Waals surface area (Å²) in [7, 11) is 1.63. The number of hydrogen-bond acceptors (Lipinski definition) is 6. The highest BCUT2D eigenvalue weighted by Crippen LogP contribution is 2.24. The van der Waals surface area contributed by atoms with Crippen molar-refractivity contribution in [2.45, 2.75) is 11.7 Å². The van der Waals surface area contributed by atoms with Gasteiger partial charge in [0.2, 0.25) is 5.91 Å². The van der Waals surface area contributed by atoms with E-state index in [-0.39, 0.29) is 11.2 Å². The van der Waals surface area contributed by atoms with Gasteiger partial charge in [0.05, 0.1) is 24.8 Å². The molecule has 1 amide bonds. The predicted octanol–water partition coefficient (Wildman–Crippen LogP) is 2.45. The monoisotopic (exact) mass is 329 g/mol. The van der Waals surface area contributed by atoms with Gasteiger partial charge in [-0.05, 0) is 36.2 Å². The van der Waals surface area contributed by atoms with Crippen molar-refractivity contribution in [1.82, 2.24) is 5.32 Å². The van der Waals surface area contributed by atoms with Crippen LogP contribution in [0.25, 0.3) is 0 Å². The molecule has 3 rings (SSSR count). The van der Waals surface area contributed by atoms with Gasteiger partial charge in [-0.25, -0.2) is 0 Å². The molecule has 7 heteroatoms. The van der Waals surface area contributed by atoms with Crippen LogP contribution in [0, 0.1) is 0 Å². The number of thioether (sulfide) groups is 1. The summed E-state index contributed by atoms with van der Waals surface area (Å²) in [5.41, 5.74) is 1.07. The third-order valence-electron chi connectivity index (χ3n) is 3.23. The molecule has 6 nitrogen and oxygen atoms in total. The first-order valence-corrected chi connectivity index (χ1v) is 7.87. The summed E-state index contributed by atoms with van der Waals surface area (Å²) < 4.78 is 10.2. The van der Waals surface area contributed by atoms with Crippen LogP contribution >= 0.6 is 11.8 Å². The van der Waals surface area contributed by atoms with Crippen molar-refractivity contribution in [3.05, 3.63) is 54.0 Å². The van der Waals surface area contributed by atoms with Gasteiger partial charge >= 0.3 is 0 Å². The van der Waals surface area contributed by atoms with Gasteiger partial charge in [-0.3, -0.25) is 4.79 Å². The Hall–Kier alpha value is -2.54. The van der Waals surface area contributed by atoms with Crippen LogP contribution in [0.5, 0.6) is 5.75 Å². The molecule has 0 unspecified atom stereocenters. The Balaban J connectivity index is 1.60. The first kappa shape index (κ1) is 15.4. The molecular formula is C16H15N3O3S. The lowest BCUT2D eigenvalue weighted by Gasteiger charge is -2.06. The van der Waals surface area contributed by atoms with E-state index in [1.54, 1.807) is 25.5 Å². The molecule has 0 saturated carbocycles. The Morgan fingerprint density at radius 2 is 2.17 bits per heavy atom. The van der Waals surface area contributed by atoms with Gasteiger partial charge in [-0.15, -0.1) is 5.10 Å². The zero-order valence-electron chi connectivity index (χ0n) is 12.4. The fourth-order valence-electron chi connectivity index (χ4n) is 2.07. The Morgan fingerprint density at radius 3 is 2.87 bits per heavy atom. The molecule has 1 atom stereocenters. The van der Waals surface area contributed by atoms with E-state index in [4.69, 9.17) is 9.15 Å². The van der Waals surface area contributed by atoms with E-state index in [2.05, 4.69) is 15.5 Å². The van der Waals surface area contributed by atoms with E-state index >= 15 is 0 Å². The average Bonchev–Trinajstić information content (AvgIpc) is 3.19. The maximum atomic E-state index is 12.0. The first-order valence-electron chi connectivity index (χ1n) is 6.99. The van der Waals surface area contributed by atoms with Crippen LogP contribution in [0.2, 0.25) is 0 Å². The third-order valence-corrected chi connectivity index (χ3v) is 4.31. The Kier molecular flexibility index (Phi) is 4.77. The first-order chi connectivity index (χ1) is 11.2. The van der Waals surface area contributed by atoms with E-state index in [1.807, 2.05) is 24.3 Å². The van der Waals surface area contributed by atoms with Gasteiger partial charge in [0.1, 0.15) is 11.5 Å². The van der Waals surface area contributed by atoms with Gasteiger partial charge in [-0.1, -0.05) is 23.9 Å². The minimum atomic E-state index is -0.207. The quantitative estimate of drug-likeness (QED) is 0.675. The van der Waals surface area contributed by atoms with Crippen molar-refractivity contribution < 1.29 is 13.9 Å². The maximum Gasteiger partial charge on any atom is 0.239 e. The van der Waals surface area contributed by atoms with Crippen LogP contribution in [0.4, 0.5) is 0 Å². The van der Waals surface area contributed by atoms with Gasteiger partial charge in [-0.2, -0.15) is 5.10 Å². The van der Waals surface area contributed by atoms with E-state index in [0.29, 0.717) is 17.3 Å². The fraction of sp³-hybridized carbons (Fsp3) is 0.188. The summed E-state index contributed by atoms with van der Waals surface area (Å²) in [6, 6.07) is 11.2. The lowest BCUT2D eigenvalue weighted by Crippen LogP contribution is -2.25. The summed E-state index contributed by atoms with van der Waals surface area (Å²) in [5, 5.41) is 10.9. The Morgan fingerprint density at radius 1 is 1.35 bits per heavy atom. The summed E-state index contributed by atoms with van der Waals surface area (Å²) in [4.78, 5) is 12.0. The van der Waals surface area contributed by atoms with Crippen LogP contribution in [-0.4, -0.2) is 29.6 Å². The molecule has 1 aliphatic heterocycles. The van der Waals surface area contributed by atoms with Gasteiger partial charge < -0.3 is 14.5 Å². The number of hydrogen-bond donors (Lipinski definition) is 1. The molecule has 1 N–H and O–H groups in total. The molecular weight excluding hydrogens is 314 g/mol. The minimum Gasteiger partial charge on any atom is -0.497 e. The molecule has 1 fully saturated rings. The smallest absolute Gasteiger partial charge is 0.239 e. The lowest BCUT2D eigenvalue weighted by atomic mass is 10.1. The fourth-order valence-corrected chi connectivity index (χ4v) is 3.03. The van der Waals surface area contributed by atoms with Crippen LogP contribution in [0.15, 0.2) is 57.3 Å². The number of amides is 1. The number of ether oxygens (including phenoxy) is 1. The van der Waals surface area contributed by atoms with E-state index in [9.17, 15) is 4.79 Å². The number of nitrogens with zero attached hydrogens (tertiary/aromatic N) is 2. The second kappa shape index (κ2) is 7.15. The zero-order chi connectivity index (χ0) is 16.1. The summed E-state index contributed by atoms with van der Waals surface area (Å²) in [6.45, 7) is 0. The highest BCUT2D eigenvalue weighted by molar-refractivity contribution is 8.15. The highest BCUT2D eigenvalue weighted by atomic mass is 32.2. The number of nitrogens with one attached hydrogen (secondary N) is 1. The van der Waals surface area contributed by atoms with Crippen molar-refractivity contribution in [2.75, 3.05) is 7.11 Å². The predicted molar refractivity (Wildman–Crippen MR) is 90.0 cm³/mol. The maximum absolute atomic E-state index is 12.0. The van der Waals surface area contributed by atoms with Crippen molar-refractivity contribution in [1.29, 1.82) is 0 Å². The molecule has 1 aromatic carbocycles. The van der Waals surface area contributed by atoms with Crippen molar-refractivity contribution in [2.24, 2.45) is 10.2 Å². The minimum absolute atomic E-state index is 0.0576. The number of methoxy groups -OCH3 is 1. The van der Waals surface area contributed by atoms with Crippen molar-refractivity contribution in [3.8, 4) is 5.75 Å². The van der Waals surface area contributed by atoms with Gasteiger partial charge in [0.15, 0.2) is 5.17 Å². The zero-order valence-corrected chi connectivity index (χ0v) is 13.2. The topological polar surface area (TPSA) is 76.2 Å². The van der Waals surface area contributed by atoms with Crippen LogP contribution in [0.3, 0.4) is 0 Å². The molecule has 0 spiro atoms. The number of benzene rings is 1. The highest BCUT2D eigenvalue weighted by Gasteiger charge is 2.30. The lowest BCUT2D eigenvalue weighted by molar-refractivity contribution is -0.118. The SMILES string of the molecule is COc1ccc(C[C@@H]2S/C(=N/N=Cc3ccco3)NC2=O)cc1. The second-order valence-corrected chi connectivity index (χ2v) is 6.00. The van der Waals surface area contributed by atoms with E-state index in [0.717, 1.165) is 11.3 Å². The number of amidine groups is 1. The molecule has 2 aromatic rings. The van der Waals surface area contributed by atoms with E-state index in [1.165, 1.54) is 18.0 Å². The summed E-state index contributed by atoms with van der Waals surface area (Å²) in [5.74, 6) is 1.35. The number of rotatable bonds is 5. The Labute approximate surface area is 137 Å². The number of carbonyl (C=O) groups excluding carboxylic acids is 1. The van der Waals surface area contributed by atoms with Crippen molar-refractivity contribution in [3.63, 3.8) is 0 Å². The van der Waals surface area contributed by atoms with Crippen LogP contribution < -0.4 is 10.1 Å². The summed E-state index contributed by atoms with van der Waals surface area (Å²) >= 11 is 1.37. The molecule has 1 aromatic heterocycles. The largest absolute Gasteiger partial charge is 0.497 e. The molecule has 2 heterocycles. The molecule has 1 saturated heterocycles. The average molecular weight is 329 g/mol. The summed E-state index contributed by atoms with van der Waals surface area (Å²) in [6.07, 6.45) is 3.68. The number of furan rings is 1. The molecule has 118 valence electrons. The molecule has 0 bridgehead atoms. The van der Waals surface area contributed by atoms with Crippen LogP contribution in [-0.2, 0) is 11.2 Å². The Bertz CT molecular complexity index is 724. The molecule has 0 aliphatic carbocycles. The molecule has 0 radical (unpaired) electrons. The normalized spacial score (nSPS) is 19.4. The van der Waals surface area contributed by atoms with Crippen LogP contribution in [0.1, 0.15) is 11.3 Å².